The molecule has 0 radical (unpaired) electrons. The second-order valence-corrected chi connectivity index (χ2v) is 14.4. The van der Waals surface area contributed by atoms with Gasteiger partial charge in [0.1, 0.15) is 23.0 Å². The van der Waals surface area contributed by atoms with Crippen LogP contribution in [0, 0.1) is 0 Å². The zero-order chi connectivity index (χ0) is 38.5. The first kappa shape index (κ1) is 36.5. The first-order valence-electron chi connectivity index (χ1n) is 17.9. The SMILES string of the molecule is O=C1CC(c2ccccc2)CC2=C1C(c1ccc(OC(F)(F)F)cc1)CC1(CC(c3ccc(OC(F)(F)F)cc3)C3=C(CC(c4ccccc4)CC3=O)O1)O2. The van der Waals surface area contributed by atoms with Crippen molar-refractivity contribution in [2.75, 3.05) is 0 Å². The summed E-state index contributed by atoms with van der Waals surface area (Å²) in [6, 6.07) is 29.8. The van der Waals surface area contributed by atoms with E-state index in [1.807, 2.05) is 60.7 Å². The molecule has 4 aromatic rings. The van der Waals surface area contributed by atoms with E-state index in [1.54, 1.807) is 0 Å². The molecule has 2 aliphatic heterocycles. The number of benzene rings is 4. The van der Waals surface area contributed by atoms with Crippen molar-refractivity contribution < 1.29 is 54.9 Å². The molecule has 55 heavy (non-hydrogen) atoms. The van der Waals surface area contributed by atoms with Gasteiger partial charge in [-0.3, -0.25) is 9.59 Å². The van der Waals surface area contributed by atoms with Crippen molar-refractivity contribution in [3.05, 3.63) is 154 Å². The lowest BCUT2D eigenvalue weighted by Crippen LogP contribution is -2.48. The van der Waals surface area contributed by atoms with E-state index in [2.05, 4.69) is 9.47 Å². The van der Waals surface area contributed by atoms with Crippen molar-refractivity contribution in [1.29, 1.82) is 0 Å². The highest BCUT2D eigenvalue weighted by atomic mass is 19.4. The van der Waals surface area contributed by atoms with Crippen molar-refractivity contribution in [2.45, 2.75) is 80.7 Å². The number of hydrogen-bond acceptors (Lipinski definition) is 6. The van der Waals surface area contributed by atoms with Gasteiger partial charge in [0.25, 0.3) is 5.79 Å². The molecule has 8 rings (SSSR count). The molecule has 284 valence electrons. The van der Waals surface area contributed by atoms with Crippen LogP contribution in [0.4, 0.5) is 26.3 Å². The molecule has 0 fully saturated rings. The normalized spacial score (nSPS) is 25.5. The van der Waals surface area contributed by atoms with Crippen LogP contribution in [0.2, 0.25) is 0 Å². The molecule has 1 spiro atoms. The average molecular weight is 761 g/mol. The summed E-state index contributed by atoms with van der Waals surface area (Å²) < 4.78 is 100. The van der Waals surface area contributed by atoms with Gasteiger partial charge >= 0.3 is 12.7 Å². The molecule has 2 aliphatic carbocycles. The summed E-state index contributed by atoms with van der Waals surface area (Å²) in [6.45, 7) is 0. The van der Waals surface area contributed by atoms with Gasteiger partial charge in [-0.05, 0) is 58.4 Å². The lowest BCUT2D eigenvalue weighted by atomic mass is 9.69. The van der Waals surface area contributed by atoms with E-state index in [4.69, 9.17) is 9.47 Å². The van der Waals surface area contributed by atoms with E-state index < -0.39 is 41.8 Å². The van der Waals surface area contributed by atoms with Crippen LogP contribution in [0.5, 0.6) is 11.5 Å². The second kappa shape index (κ2) is 14.0. The number of ketones is 2. The highest BCUT2D eigenvalue weighted by Gasteiger charge is 2.54. The summed E-state index contributed by atoms with van der Waals surface area (Å²) in [5, 5.41) is 0. The number of rotatable bonds is 6. The Morgan fingerprint density at radius 1 is 0.491 bits per heavy atom. The molecule has 4 aliphatic rings. The summed E-state index contributed by atoms with van der Waals surface area (Å²) >= 11 is 0. The summed E-state index contributed by atoms with van der Waals surface area (Å²) in [7, 11) is 0. The van der Waals surface area contributed by atoms with Crippen LogP contribution >= 0.6 is 0 Å². The van der Waals surface area contributed by atoms with Gasteiger partial charge < -0.3 is 18.9 Å². The second-order valence-electron chi connectivity index (χ2n) is 14.4. The topological polar surface area (TPSA) is 71.1 Å². The maximum Gasteiger partial charge on any atom is 0.573 e. The Morgan fingerprint density at radius 3 is 1.20 bits per heavy atom. The molecule has 0 aromatic heterocycles. The van der Waals surface area contributed by atoms with Crippen molar-refractivity contribution in [3.8, 4) is 11.5 Å². The lowest BCUT2D eigenvalue weighted by molar-refractivity contribution is -0.275. The van der Waals surface area contributed by atoms with E-state index in [0.717, 1.165) is 11.1 Å². The molecule has 0 amide bonds. The minimum Gasteiger partial charge on any atom is -0.456 e. The number of alkyl halides is 6. The van der Waals surface area contributed by atoms with Gasteiger partial charge in [0.2, 0.25) is 0 Å². The van der Waals surface area contributed by atoms with Crippen LogP contribution in [0.15, 0.2) is 132 Å². The number of carbonyl (C=O) groups is 2. The monoisotopic (exact) mass is 760 g/mol. The van der Waals surface area contributed by atoms with Gasteiger partial charge in [-0.1, -0.05) is 84.9 Å². The number of hydrogen-bond donors (Lipinski definition) is 0. The van der Waals surface area contributed by atoms with Crippen LogP contribution in [0.25, 0.3) is 0 Å². The van der Waals surface area contributed by atoms with Crippen molar-refractivity contribution >= 4 is 11.6 Å². The zero-order valence-electron chi connectivity index (χ0n) is 29.2. The van der Waals surface area contributed by atoms with Gasteiger partial charge in [-0.15, -0.1) is 26.3 Å². The molecule has 6 nitrogen and oxygen atoms in total. The van der Waals surface area contributed by atoms with Gasteiger partial charge in [0.05, 0.1) is 0 Å². The van der Waals surface area contributed by atoms with E-state index in [1.165, 1.54) is 48.5 Å². The molecule has 0 bridgehead atoms. The lowest BCUT2D eigenvalue weighted by Gasteiger charge is -2.50. The van der Waals surface area contributed by atoms with Crippen molar-refractivity contribution in [2.24, 2.45) is 0 Å². The molecule has 12 heteroatoms. The fourth-order valence-electron chi connectivity index (χ4n) is 8.60. The third kappa shape index (κ3) is 7.72. The molecule has 4 atom stereocenters. The highest BCUT2D eigenvalue weighted by molar-refractivity contribution is 6.00. The number of carbonyl (C=O) groups excluding carboxylic acids is 2. The maximum absolute atomic E-state index is 14.1. The Labute approximate surface area is 312 Å². The quantitative estimate of drug-likeness (QED) is 0.182. The molecule has 2 heterocycles. The Morgan fingerprint density at radius 2 is 0.855 bits per heavy atom. The number of halogens is 6. The molecule has 4 unspecified atom stereocenters. The third-order valence-corrected chi connectivity index (χ3v) is 10.8. The van der Waals surface area contributed by atoms with E-state index >= 15 is 0 Å². The molecule has 4 aromatic carbocycles. The van der Waals surface area contributed by atoms with Crippen LogP contribution < -0.4 is 9.47 Å². The average Bonchev–Trinajstić information content (AvgIpc) is 3.14. The van der Waals surface area contributed by atoms with E-state index in [0.29, 0.717) is 46.6 Å². The Kier molecular flexibility index (Phi) is 9.25. The molecule has 0 saturated carbocycles. The minimum absolute atomic E-state index is 0.0692. The Balaban J connectivity index is 1.22. The Bertz CT molecular complexity index is 1990. The summed E-state index contributed by atoms with van der Waals surface area (Å²) in [5.41, 5.74) is 3.80. The van der Waals surface area contributed by atoms with Crippen molar-refractivity contribution in [1.82, 2.24) is 0 Å². The molecule has 0 saturated heterocycles. The number of Topliss-reactive ketones (excluding diaryl/α,β-unsaturated/α-hetero) is 2. The highest BCUT2D eigenvalue weighted by Crippen LogP contribution is 2.57. The maximum atomic E-state index is 14.1. The van der Waals surface area contributed by atoms with Gasteiger partial charge in [0.15, 0.2) is 11.6 Å². The van der Waals surface area contributed by atoms with Gasteiger partial charge in [-0.2, -0.15) is 0 Å². The standard InChI is InChI=1S/C43H34F6O6/c44-42(45,46)52-31-15-11-27(12-16-31)33-23-41(54-37-21-29(19-35(50)39(33)37)25-7-3-1-4-8-25)24-34(28-13-17-32(18-14-28)53-43(47,48)49)40-36(51)20-30(22-38(40)55-41)26-9-5-2-6-10-26/h1-18,29-30,33-34H,19-24H2. The number of ether oxygens (including phenoxy) is 4. The van der Waals surface area contributed by atoms with Crippen LogP contribution in [-0.4, -0.2) is 30.1 Å². The predicted octanol–water partition coefficient (Wildman–Crippen LogP) is 10.7. The molecule has 0 N–H and O–H groups in total. The third-order valence-electron chi connectivity index (χ3n) is 10.8. The molecular formula is C43H34F6O6. The van der Waals surface area contributed by atoms with E-state index in [9.17, 15) is 35.9 Å². The minimum atomic E-state index is -4.89. The van der Waals surface area contributed by atoms with Crippen LogP contribution in [0.3, 0.4) is 0 Å². The fraction of sp³-hybridized carbons (Fsp3) is 0.302. The zero-order valence-corrected chi connectivity index (χ0v) is 29.2. The smallest absolute Gasteiger partial charge is 0.456 e. The molecular weight excluding hydrogens is 726 g/mol. The summed E-state index contributed by atoms with van der Waals surface area (Å²) in [4.78, 5) is 28.2. The largest absolute Gasteiger partial charge is 0.573 e. The Hall–Kier alpha value is -5.52. The predicted molar refractivity (Wildman–Crippen MR) is 187 cm³/mol. The van der Waals surface area contributed by atoms with Gasteiger partial charge in [-0.25, -0.2) is 0 Å². The first-order valence-corrected chi connectivity index (χ1v) is 17.9. The fourth-order valence-corrected chi connectivity index (χ4v) is 8.60. The summed E-state index contributed by atoms with van der Waals surface area (Å²) in [6.07, 6.45) is -8.57. The van der Waals surface area contributed by atoms with Crippen LogP contribution in [0.1, 0.15) is 84.5 Å². The van der Waals surface area contributed by atoms with Crippen molar-refractivity contribution in [3.63, 3.8) is 0 Å². The van der Waals surface area contributed by atoms with Gasteiger partial charge in [0, 0.05) is 61.5 Å². The first-order chi connectivity index (χ1) is 26.2. The number of allylic oxidation sites excluding steroid dienone is 4. The van der Waals surface area contributed by atoms with E-state index in [-0.39, 0.29) is 49.1 Å². The summed E-state index contributed by atoms with van der Waals surface area (Å²) in [5.74, 6) is -3.59. The van der Waals surface area contributed by atoms with Crippen LogP contribution in [-0.2, 0) is 19.1 Å².